The minimum absolute atomic E-state index is 0.0782. The normalized spacial score (nSPS) is 21.9. The van der Waals surface area contributed by atoms with Crippen molar-refractivity contribution < 1.29 is 4.79 Å². The van der Waals surface area contributed by atoms with Gasteiger partial charge in [-0.1, -0.05) is 6.42 Å². The number of aromatic amines is 1. The zero-order chi connectivity index (χ0) is 14.7. The molecule has 0 bridgehead atoms. The zero-order valence-corrected chi connectivity index (χ0v) is 12.5. The molecule has 2 atom stereocenters. The summed E-state index contributed by atoms with van der Waals surface area (Å²) in [5, 5.41) is 2.90. The third kappa shape index (κ3) is 3.37. The highest BCUT2D eigenvalue weighted by molar-refractivity contribution is 9.10. The van der Waals surface area contributed by atoms with Crippen molar-refractivity contribution in [1.29, 1.82) is 0 Å². The minimum Gasteiger partial charge on any atom is -0.351 e. The van der Waals surface area contributed by atoms with Gasteiger partial charge < -0.3 is 11.1 Å². The molecule has 0 spiro atoms. The number of carbonyl (C=O) groups is 1. The summed E-state index contributed by atoms with van der Waals surface area (Å²) in [6.45, 7) is 0.428. The van der Waals surface area contributed by atoms with E-state index in [-0.39, 0.29) is 23.0 Å². The molecule has 1 heterocycles. The Labute approximate surface area is 123 Å². The Bertz CT molecular complexity index is 609. The lowest BCUT2D eigenvalue weighted by Gasteiger charge is -2.19. The summed E-state index contributed by atoms with van der Waals surface area (Å²) in [5.41, 5.74) is 4.55. The number of amides is 1. The first-order valence-corrected chi connectivity index (χ1v) is 7.29. The molecule has 1 aromatic rings. The van der Waals surface area contributed by atoms with Crippen molar-refractivity contribution in [2.45, 2.75) is 31.8 Å². The molecule has 1 aromatic heterocycles. The Hall–Kier alpha value is -1.41. The van der Waals surface area contributed by atoms with Crippen LogP contribution in [0.25, 0.3) is 0 Å². The predicted molar refractivity (Wildman–Crippen MR) is 77.3 cm³/mol. The largest absolute Gasteiger partial charge is 0.351 e. The number of nitrogens with one attached hydrogen (secondary N) is 2. The Kier molecular flexibility index (Phi) is 4.77. The van der Waals surface area contributed by atoms with Crippen LogP contribution in [0.4, 0.5) is 0 Å². The summed E-state index contributed by atoms with van der Waals surface area (Å²) in [5.74, 6) is 0.0504. The lowest BCUT2D eigenvalue weighted by Crippen LogP contribution is -2.43. The first-order valence-electron chi connectivity index (χ1n) is 6.50. The smallest absolute Gasteiger partial charge is 0.328 e. The van der Waals surface area contributed by atoms with E-state index in [9.17, 15) is 14.4 Å². The number of nitrogens with zero attached hydrogens (tertiary/aromatic N) is 1. The molecule has 0 aliphatic heterocycles. The van der Waals surface area contributed by atoms with Gasteiger partial charge in [0.05, 0.1) is 4.47 Å². The zero-order valence-electron chi connectivity index (χ0n) is 10.9. The van der Waals surface area contributed by atoms with Crippen LogP contribution in [0.3, 0.4) is 0 Å². The molecule has 8 heteroatoms. The lowest BCUT2D eigenvalue weighted by atomic mass is 10.0. The Morgan fingerprint density at radius 1 is 1.50 bits per heavy atom. The highest BCUT2D eigenvalue weighted by atomic mass is 79.9. The molecule has 110 valence electrons. The van der Waals surface area contributed by atoms with Crippen LogP contribution in [0.5, 0.6) is 0 Å². The summed E-state index contributed by atoms with van der Waals surface area (Å²) >= 11 is 3.03. The summed E-state index contributed by atoms with van der Waals surface area (Å²) in [6.07, 6.45) is 4.30. The van der Waals surface area contributed by atoms with E-state index in [1.807, 2.05) is 0 Å². The van der Waals surface area contributed by atoms with E-state index in [2.05, 4.69) is 26.2 Å². The fourth-order valence-corrected chi connectivity index (χ4v) is 2.86. The molecule has 2 unspecified atom stereocenters. The van der Waals surface area contributed by atoms with Gasteiger partial charge in [0.2, 0.25) is 5.91 Å². The molecular formula is C12H17BrN4O3. The van der Waals surface area contributed by atoms with Crippen molar-refractivity contribution in [3.63, 3.8) is 0 Å². The van der Waals surface area contributed by atoms with Crippen LogP contribution >= 0.6 is 15.9 Å². The first-order chi connectivity index (χ1) is 9.51. The van der Waals surface area contributed by atoms with E-state index < -0.39 is 11.2 Å². The number of hydrogen-bond donors (Lipinski definition) is 3. The van der Waals surface area contributed by atoms with Gasteiger partial charge in [-0.2, -0.15) is 0 Å². The van der Waals surface area contributed by atoms with E-state index in [0.717, 1.165) is 23.8 Å². The quantitative estimate of drug-likeness (QED) is 0.686. The monoisotopic (exact) mass is 344 g/mol. The maximum Gasteiger partial charge on any atom is 0.328 e. The van der Waals surface area contributed by atoms with Crippen LogP contribution in [0, 0.1) is 5.92 Å². The van der Waals surface area contributed by atoms with Gasteiger partial charge in [0.15, 0.2) is 0 Å². The van der Waals surface area contributed by atoms with Crippen molar-refractivity contribution in [3.8, 4) is 0 Å². The summed E-state index contributed by atoms with van der Waals surface area (Å²) in [4.78, 5) is 36.9. The van der Waals surface area contributed by atoms with Gasteiger partial charge in [-0.05, 0) is 41.2 Å². The average Bonchev–Trinajstić information content (AvgIpc) is 2.83. The molecule has 1 saturated carbocycles. The van der Waals surface area contributed by atoms with E-state index in [1.165, 1.54) is 6.20 Å². The molecule has 1 amide bonds. The van der Waals surface area contributed by atoms with Gasteiger partial charge in [0.25, 0.3) is 5.56 Å². The number of H-pyrrole nitrogens is 1. The van der Waals surface area contributed by atoms with Crippen LogP contribution in [-0.4, -0.2) is 28.0 Å². The highest BCUT2D eigenvalue weighted by Crippen LogP contribution is 2.24. The molecule has 1 aliphatic carbocycles. The van der Waals surface area contributed by atoms with E-state index in [1.54, 1.807) is 0 Å². The molecule has 1 fully saturated rings. The van der Waals surface area contributed by atoms with Gasteiger partial charge in [-0.25, -0.2) is 4.79 Å². The molecule has 0 aromatic carbocycles. The van der Waals surface area contributed by atoms with Crippen LogP contribution in [0.2, 0.25) is 0 Å². The highest BCUT2D eigenvalue weighted by Gasteiger charge is 2.27. The van der Waals surface area contributed by atoms with Crippen molar-refractivity contribution >= 4 is 21.8 Å². The molecule has 0 saturated heterocycles. The maximum absolute atomic E-state index is 12.0. The fraction of sp³-hybridized carbons (Fsp3) is 0.583. The second-order valence-corrected chi connectivity index (χ2v) is 5.82. The Morgan fingerprint density at radius 3 is 2.95 bits per heavy atom. The number of nitrogens with two attached hydrogens (primary N) is 1. The van der Waals surface area contributed by atoms with Crippen LogP contribution in [0.1, 0.15) is 19.3 Å². The summed E-state index contributed by atoms with van der Waals surface area (Å²) in [7, 11) is 0. The first kappa shape index (κ1) is 15.0. The van der Waals surface area contributed by atoms with Crippen LogP contribution < -0.4 is 22.3 Å². The summed E-state index contributed by atoms with van der Waals surface area (Å²) in [6, 6.07) is 0.0782. The molecule has 7 nitrogen and oxygen atoms in total. The maximum atomic E-state index is 12.0. The lowest BCUT2D eigenvalue weighted by molar-refractivity contribution is -0.122. The minimum atomic E-state index is -0.602. The molecular weight excluding hydrogens is 328 g/mol. The Balaban J connectivity index is 2.03. The Morgan fingerprint density at radius 2 is 2.25 bits per heavy atom. The predicted octanol–water partition coefficient (Wildman–Crippen LogP) is -0.457. The molecule has 2 rings (SSSR count). The van der Waals surface area contributed by atoms with Gasteiger partial charge in [0.1, 0.15) is 6.54 Å². The second kappa shape index (κ2) is 6.36. The number of aromatic nitrogens is 2. The summed E-state index contributed by atoms with van der Waals surface area (Å²) < 4.78 is 1.37. The molecule has 20 heavy (non-hydrogen) atoms. The van der Waals surface area contributed by atoms with Gasteiger partial charge in [0, 0.05) is 12.2 Å². The molecule has 0 radical (unpaired) electrons. The van der Waals surface area contributed by atoms with E-state index in [4.69, 9.17) is 5.73 Å². The van der Waals surface area contributed by atoms with Crippen molar-refractivity contribution in [2.24, 2.45) is 11.7 Å². The fourth-order valence-electron chi connectivity index (χ4n) is 2.52. The van der Waals surface area contributed by atoms with E-state index >= 15 is 0 Å². The van der Waals surface area contributed by atoms with Crippen molar-refractivity contribution in [3.05, 3.63) is 31.5 Å². The SMILES string of the molecule is NCC1CCCC1NC(=O)Cn1cc(Br)c(=O)[nH]c1=O. The average molecular weight is 345 g/mol. The van der Waals surface area contributed by atoms with Gasteiger partial charge in [-0.3, -0.25) is 19.1 Å². The van der Waals surface area contributed by atoms with Gasteiger partial charge >= 0.3 is 5.69 Å². The topological polar surface area (TPSA) is 110 Å². The standard InChI is InChI=1S/C12H17BrN4O3/c13-8-5-17(12(20)16-11(8)19)6-10(18)15-9-3-1-2-7(9)4-14/h5,7,9H,1-4,6,14H2,(H,15,18)(H,16,19,20). The second-order valence-electron chi connectivity index (χ2n) is 4.96. The third-order valence-corrected chi connectivity index (χ3v) is 4.15. The van der Waals surface area contributed by atoms with E-state index in [0.29, 0.717) is 12.5 Å². The number of rotatable bonds is 4. The van der Waals surface area contributed by atoms with Crippen LogP contribution in [0.15, 0.2) is 20.3 Å². The van der Waals surface area contributed by atoms with Crippen LogP contribution in [-0.2, 0) is 11.3 Å². The number of carbonyl (C=O) groups excluding carboxylic acids is 1. The molecule has 1 aliphatic rings. The number of halogens is 1. The van der Waals surface area contributed by atoms with Crippen molar-refractivity contribution in [2.75, 3.05) is 6.54 Å². The third-order valence-electron chi connectivity index (χ3n) is 3.59. The van der Waals surface area contributed by atoms with Crippen molar-refractivity contribution in [1.82, 2.24) is 14.9 Å². The van der Waals surface area contributed by atoms with Gasteiger partial charge in [-0.15, -0.1) is 0 Å². The molecule has 4 N–H and O–H groups in total. The number of hydrogen-bond acceptors (Lipinski definition) is 4.